The van der Waals surface area contributed by atoms with Gasteiger partial charge in [0.2, 0.25) is 0 Å². The second-order valence-corrected chi connectivity index (χ2v) is 5.24. The van der Waals surface area contributed by atoms with E-state index in [0.29, 0.717) is 22.9 Å². The zero-order valence-corrected chi connectivity index (χ0v) is 13.0. The van der Waals surface area contributed by atoms with E-state index in [4.69, 9.17) is 16.3 Å². The van der Waals surface area contributed by atoms with Gasteiger partial charge in [-0.3, -0.25) is 4.79 Å². The monoisotopic (exact) mass is 321 g/mol. The summed E-state index contributed by atoms with van der Waals surface area (Å²) in [5, 5.41) is 3.24. The predicted octanol–water partition coefficient (Wildman–Crippen LogP) is 3.85. The Bertz CT molecular complexity index is 644. The number of carbonyl (C=O) groups excluding carboxylic acids is 1. The number of ether oxygens (including phenoxy) is 1. The van der Waals surface area contributed by atoms with Crippen LogP contribution in [0.4, 0.5) is 4.39 Å². The molecule has 5 heteroatoms. The zero-order chi connectivity index (χ0) is 15.9. The van der Waals surface area contributed by atoms with Crippen LogP contribution in [0.5, 0.6) is 5.75 Å². The summed E-state index contributed by atoms with van der Waals surface area (Å²) in [5.74, 6) is 0.117. The van der Waals surface area contributed by atoms with Crippen molar-refractivity contribution in [3.05, 3.63) is 64.4 Å². The molecule has 2 aromatic rings. The Morgan fingerprint density at radius 1 is 1.23 bits per heavy atom. The van der Waals surface area contributed by atoms with Crippen molar-refractivity contribution in [1.82, 2.24) is 5.32 Å². The quantitative estimate of drug-likeness (QED) is 0.821. The molecule has 0 aromatic heterocycles. The van der Waals surface area contributed by atoms with Gasteiger partial charge in [0.15, 0.2) is 0 Å². The van der Waals surface area contributed by atoms with Crippen molar-refractivity contribution >= 4 is 17.5 Å². The van der Waals surface area contributed by atoms with Gasteiger partial charge >= 0.3 is 0 Å². The highest BCUT2D eigenvalue weighted by molar-refractivity contribution is 6.32. The zero-order valence-electron chi connectivity index (χ0n) is 12.2. The Morgan fingerprint density at radius 2 is 1.95 bits per heavy atom. The standard InChI is InChI=1S/C17H17ClFNO2/c1-22-16-9-6-13(11-15(16)18)17(21)20-10-2-3-12-4-7-14(19)8-5-12/h4-9,11H,2-3,10H2,1H3,(H,20,21). The van der Waals surface area contributed by atoms with Crippen molar-refractivity contribution in [3.63, 3.8) is 0 Å². The Kier molecular flexibility index (Phi) is 5.78. The first-order chi connectivity index (χ1) is 10.6. The molecule has 0 spiro atoms. The average Bonchev–Trinajstić information content (AvgIpc) is 2.53. The number of rotatable bonds is 6. The molecule has 0 saturated carbocycles. The molecule has 2 rings (SSSR count). The van der Waals surface area contributed by atoms with Gasteiger partial charge in [-0.05, 0) is 48.7 Å². The van der Waals surface area contributed by atoms with E-state index in [-0.39, 0.29) is 11.7 Å². The third-order valence-corrected chi connectivity index (χ3v) is 3.55. The molecular formula is C17H17ClFNO2. The predicted molar refractivity (Wildman–Crippen MR) is 85.1 cm³/mol. The molecule has 0 heterocycles. The molecule has 0 aliphatic rings. The Morgan fingerprint density at radius 3 is 2.59 bits per heavy atom. The maximum atomic E-state index is 12.8. The number of carbonyl (C=O) groups is 1. The highest BCUT2D eigenvalue weighted by atomic mass is 35.5. The molecule has 0 unspecified atom stereocenters. The van der Waals surface area contributed by atoms with Crippen LogP contribution in [0.1, 0.15) is 22.3 Å². The summed E-state index contributed by atoms with van der Waals surface area (Å²) in [6.07, 6.45) is 1.56. The third kappa shape index (κ3) is 4.46. The maximum absolute atomic E-state index is 12.8. The van der Waals surface area contributed by atoms with Gasteiger partial charge in [0.05, 0.1) is 12.1 Å². The maximum Gasteiger partial charge on any atom is 0.251 e. The summed E-state index contributed by atoms with van der Waals surface area (Å²) in [6, 6.07) is 11.3. The van der Waals surface area contributed by atoms with Crippen LogP contribution in [-0.4, -0.2) is 19.6 Å². The van der Waals surface area contributed by atoms with Crippen molar-refractivity contribution in [3.8, 4) is 5.75 Å². The van der Waals surface area contributed by atoms with Crippen LogP contribution in [0.3, 0.4) is 0 Å². The first kappa shape index (κ1) is 16.3. The van der Waals surface area contributed by atoms with Gasteiger partial charge in [0.1, 0.15) is 11.6 Å². The van der Waals surface area contributed by atoms with E-state index < -0.39 is 0 Å². The van der Waals surface area contributed by atoms with E-state index in [1.54, 1.807) is 30.3 Å². The van der Waals surface area contributed by atoms with Crippen LogP contribution in [0.25, 0.3) is 0 Å². The fourth-order valence-electron chi connectivity index (χ4n) is 2.06. The molecular weight excluding hydrogens is 305 g/mol. The number of methoxy groups -OCH3 is 1. The smallest absolute Gasteiger partial charge is 0.251 e. The minimum absolute atomic E-state index is 0.177. The van der Waals surface area contributed by atoms with Crippen molar-refractivity contribution in [2.45, 2.75) is 12.8 Å². The Balaban J connectivity index is 1.80. The van der Waals surface area contributed by atoms with E-state index in [0.717, 1.165) is 18.4 Å². The lowest BCUT2D eigenvalue weighted by atomic mass is 10.1. The molecule has 116 valence electrons. The third-order valence-electron chi connectivity index (χ3n) is 3.26. The molecule has 3 nitrogen and oxygen atoms in total. The summed E-state index contributed by atoms with van der Waals surface area (Å²) in [4.78, 5) is 12.0. The second kappa shape index (κ2) is 7.80. The summed E-state index contributed by atoms with van der Waals surface area (Å²) in [7, 11) is 1.52. The van der Waals surface area contributed by atoms with Crippen molar-refractivity contribution in [1.29, 1.82) is 0 Å². The van der Waals surface area contributed by atoms with Gasteiger partial charge in [0, 0.05) is 12.1 Å². The number of hydrogen-bond acceptors (Lipinski definition) is 2. The molecule has 0 aliphatic heterocycles. The van der Waals surface area contributed by atoms with E-state index >= 15 is 0 Å². The lowest BCUT2D eigenvalue weighted by molar-refractivity contribution is 0.0953. The van der Waals surface area contributed by atoms with Gasteiger partial charge in [-0.15, -0.1) is 0 Å². The molecule has 0 bridgehead atoms. The molecule has 0 aliphatic carbocycles. The molecule has 2 aromatic carbocycles. The molecule has 0 fully saturated rings. The SMILES string of the molecule is COc1ccc(C(=O)NCCCc2ccc(F)cc2)cc1Cl. The molecule has 0 atom stereocenters. The first-order valence-electron chi connectivity index (χ1n) is 6.96. The summed E-state index contributed by atoms with van der Waals surface area (Å²) in [6.45, 7) is 0.542. The molecule has 1 N–H and O–H groups in total. The molecule has 1 amide bonds. The average molecular weight is 322 g/mol. The van der Waals surface area contributed by atoms with Crippen LogP contribution in [0.15, 0.2) is 42.5 Å². The Hall–Kier alpha value is -2.07. The topological polar surface area (TPSA) is 38.3 Å². The second-order valence-electron chi connectivity index (χ2n) is 4.84. The van der Waals surface area contributed by atoms with Gasteiger partial charge in [-0.25, -0.2) is 4.39 Å². The van der Waals surface area contributed by atoms with Crippen LogP contribution < -0.4 is 10.1 Å². The number of halogens is 2. The fraction of sp³-hybridized carbons (Fsp3) is 0.235. The van der Waals surface area contributed by atoms with E-state index in [1.807, 2.05) is 0 Å². The molecule has 0 radical (unpaired) electrons. The van der Waals surface area contributed by atoms with Gasteiger partial charge in [-0.1, -0.05) is 23.7 Å². The minimum Gasteiger partial charge on any atom is -0.495 e. The largest absolute Gasteiger partial charge is 0.495 e. The minimum atomic E-state index is -0.242. The van der Waals surface area contributed by atoms with Crippen molar-refractivity contribution in [2.75, 3.05) is 13.7 Å². The van der Waals surface area contributed by atoms with Crippen LogP contribution >= 0.6 is 11.6 Å². The van der Waals surface area contributed by atoms with E-state index in [1.165, 1.54) is 19.2 Å². The normalized spacial score (nSPS) is 10.3. The van der Waals surface area contributed by atoms with E-state index in [2.05, 4.69) is 5.32 Å². The lowest BCUT2D eigenvalue weighted by Gasteiger charge is -2.07. The van der Waals surface area contributed by atoms with E-state index in [9.17, 15) is 9.18 Å². The molecule has 22 heavy (non-hydrogen) atoms. The first-order valence-corrected chi connectivity index (χ1v) is 7.34. The van der Waals surface area contributed by atoms with Crippen molar-refractivity contribution < 1.29 is 13.9 Å². The van der Waals surface area contributed by atoms with Crippen LogP contribution in [-0.2, 0) is 6.42 Å². The summed E-state index contributed by atoms with van der Waals surface area (Å²) >= 11 is 5.99. The number of hydrogen-bond donors (Lipinski definition) is 1. The number of nitrogens with one attached hydrogen (secondary N) is 1. The Labute approximate surface area is 134 Å². The number of amides is 1. The van der Waals surface area contributed by atoms with Crippen molar-refractivity contribution in [2.24, 2.45) is 0 Å². The van der Waals surface area contributed by atoms with Crippen LogP contribution in [0.2, 0.25) is 5.02 Å². The van der Waals surface area contributed by atoms with Gasteiger partial charge in [0.25, 0.3) is 5.91 Å². The highest BCUT2D eigenvalue weighted by Gasteiger charge is 2.08. The highest BCUT2D eigenvalue weighted by Crippen LogP contribution is 2.24. The van der Waals surface area contributed by atoms with Gasteiger partial charge in [-0.2, -0.15) is 0 Å². The lowest BCUT2D eigenvalue weighted by Crippen LogP contribution is -2.24. The number of aryl methyl sites for hydroxylation is 1. The van der Waals surface area contributed by atoms with Crippen LogP contribution in [0, 0.1) is 5.82 Å². The summed E-state index contributed by atoms with van der Waals surface area (Å²) < 4.78 is 17.8. The fourth-order valence-corrected chi connectivity index (χ4v) is 2.31. The summed E-state index contributed by atoms with van der Waals surface area (Å²) in [5.41, 5.74) is 1.54. The number of benzene rings is 2. The molecule has 0 saturated heterocycles. The van der Waals surface area contributed by atoms with Gasteiger partial charge < -0.3 is 10.1 Å².